The molecule has 0 bridgehead atoms. The first kappa shape index (κ1) is 13.6. The molecule has 0 fully saturated rings. The van der Waals surface area contributed by atoms with Gasteiger partial charge < -0.3 is 14.8 Å². The molecule has 104 valence electrons. The van der Waals surface area contributed by atoms with Crippen LogP contribution in [-0.2, 0) is 0 Å². The van der Waals surface area contributed by atoms with Crippen LogP contribution in [-0.4, -0.2) is 6.79 Å². The van der Waals surface area contributed by atoms with Crippen LogP contribution in [0.25, 0.3) is 0 Å². The minimum Gasteiger partial charge on any atom is -0.454 e. The average Bonchev–Trinajstić information content (AvgIpc) is 2.89. The van der Waals surface area contributed by atoms with E-state index in [1.807, 2.05) is 36.4 Å². The van der Waals surface area contributed by atoms with Gasteiger partial charge in [-0.25, -0.2) is 0 Å². The van der Waals surface area contributed by atoms with Gasteiger partial charge >= 0.3 is 0 Å². The summed E-state index contributed by atoms with van der Waals surface area (Å²) in [6.07, 6.45) is 0. The van der Waals surface area contributed by atoms with Crippen LogP contribution in [0, 0.1) is 0 Å². The minimum atomic E-state index is 0.141. The van der Waals surface area contributed by atoms with Gasteiger partial charge in [-0.3, -0.25) is 0 Å². The van der Waals surface area contributed by atoms with Crippen molar-refractivity contribution in [3.05, 3.63) is 51.5 Å². The second-order valence-electron chi connectivity index (χ2n) is 4.60. The van der Waals surface area contributed by atoms with Crippen molar-refractivity contribution in [2.45, 2.75) is 13.0 Å². The van der Waals surface area contributed by atoms with Crippen LogP contribution in [0.4, 0.5) is 5.69 Å². The lowest BCUT2D eigenvalue weighted by Crippen LogP contribution is -2.07. The van der Waals surface area contributed by atoms with Gasteiger partial charge in [0.05, 0.1) is 0 Å². The number of benzene rings is 2. The molecule has 1 N–H and O–H groups in total. The van der Waals surface area contributed by atoms with E-state index in [0.717, 1.165) is 27.2 Å². The molecule has 0 saturated heterocycles. The van der Waals surface area contributed by atoms with E-state index in [1.54, 1.807) is 0 Å². The molecule has 1 aliphatic rings. The normalized spacial score (nSPS) is 14.2. The summed E-state index contributed by atoms with van der Waals surface area (Å²) >= 11 is 9.45. The highest BCUT2D eigenvalue weighted by Gasteiger charge is 2.16. The van der Waals surface area contributed by atoms with Gasteiger partial charge in [-0.05, 0) is 58.7 Å². The van der Waals surface area contributed by atoms with E-state index in [4.69, 9.17) is 21.1 Å². The third-order valence-electron chi connectivity index (χ3n) is 3.20. The highest BCUT2D eigenvalue weighted by molar-refractivity contribution is 9.10. The Labute approximate surface area is 131 Å². The number of fused-ring (bicyclic) bond motifs is 1. The van der Waals surface area contributed by atoms with Gasteiger partial charge in [0, 0.05) is 21.2 Å². The van der Waals surface area contributed by atoms with Crippen LogP contribution in [0.5, 0.6) is 11.5 Å². The number of halogens is 2. The molecule has 0 radical (unpaired) electrons. The Bertz CT molecular complexity index is 648. The van der Waals surface area contributed by atoms with E-state index in [1.165, 1.54) is 0 Å². The topological polar surface area (TPSA) is 30.5 Å². The average molecular weight is 355 g/mol. The molecule has 0 aromatic heterocycles. The quantitative estimate of drug-likeness (QED) is 0.841. The zero-order valence-electron chi connectivity index (χ0n) is 10.8. The molecule has 2 aromatic rings. The summed E-state index contributed by atoms with van der Waals surface area (Å²) in [6, 6.07) is 11.8. The van der Waals surface area contributed by atoms with Crippen LogP contribution in [0.1, 0.15) is 18.5 Å². The van der Waals surface area contributed by atoms with Crippen molar-refractivity contribution in [1.82, 2.24) is 0 Å². The molecular formula is C15H13BrClNO2. The first-order valence-corrected chi connectivity index (χ1v) is 7.42. The molecule has 0 spiro atoms. The number of hydrogen-bond acceptors (Lipinski definition) is 3. The Morgan fingerprint density at radius 3 is 2.75 bits per heavy atom. The van der Waals surface area contributed by atoms with Crippen LogP contribution < -0.4 is 14.8 Å². The molecule has 0 aliphatic carbocycles. The maximum atomic E-state index is 5.95. The molecular weight excluding hydrogens is 342 g/mol. The monoisotopic (exact) mass is 353 g/mol. The second kappa shape index (κ2) is 5.54. The van der Waals surface area contributed by atoms with Crippen molar-refractivity contribution in [2.75, 3.05) is 12.1 Å². The molecule has 5 heteroatoms. The fraction of sp³-hybridized carbons (Fsp3) is 0.200. The molecule has 3 rings (SSSR count). The largest absolute Gasteiger partial charge is 0.454 e. The lowest BCUT2D eigenvalue weighted by atomic mass is 10.1. The Kier molecular flexibility index (Phi) is 3.76. The molecule has 0 amide bonds. The lowest BCUT2D eigenvalue weighted by molar-refractivity contribution is 0.174. The van der Waals surface area contributed by atoms with Crippen molar-refractivity contribution < 1.29 is 9.47 Å². The molecule has 1 heterocycles. The van der Waals surface area contributed by atoms with Crippen molar-refractivity contribution in [3.63, 3.8) is 0 Å². The van der Waals surface area contributed by atoms with E-state index in [9.17, 15) is 0 Å². The molecule has 1 unspecified atom stereocenters. The zero-order chi connectivity index (χ0) is 14.1. The molecule has 1 atom stereocenters. The van der Waals surface area contributed by atoms with E-state index in [0.29, 0.717) is 11.8 Å². The summed E-state index contributed by atoms with van der Waals surface area (Å²) < 4.78 is 11.7. The molecule has 3 nitrogen and oxygen atoms in total. The second-order valence-corrected chi connectivity index (χ2v) is 5.89. The van der Waals surface area contributed by atoms with Gasteiger partial charge in [0.1, 0.15) is 0 Å². The summed E-state index contributed by atoms with van der Waals surface area (Å²) in [5.74, 6) is 1.60. The molecule has 20 heavy (non-hydrogen) atoms. The molecule has 0 saturated carbocycles. The molecule has 1 aliphatic heterocycles. The predicted octanol–water partition coefficient (Wildman–Crippen LogP) is 5.00. The fourth-order valence-electron chi connectivity index (χ4n) is 2.11. The Morgan fingerprint density at radius 1 is 1.15 bits per heavy atom. The summed E-state index contributed by atoms with van der Waals surface area (Å²) in [5.41, 5.74) is 2.13. The van der Waals surface area contributed by atoms with Gasteiger partial charge in [0.25, 0.3) is 0 Å². The Balaban J connectivity index is 1.80. The first-order valence-electron chi connectivity index (χ1n) is 6.24. The van der Waals surface area contributed by atoms with Crippen molar-refractivity contribution in [1.29, 1.82) is 0 Å². The Morgan fingerprint density at radius 2 is 1.95 bits per heavy atom. The van der Waals surface area contributed by atoms with Crippen LogP contribution in [0.15, 0.2) is 40.9 Å². The number of nitrogens with one attached hydrogen (secondary N) is 1. The SMILES string of the molecule is CC(Nc1ccc(Cl)cc1Br)c1ccc2c(c1)OCO2. The highest BCUT2D eigenvalue weighted by Crippen LogP contribution is 2.35. The summed E-state index contributed by atoms with van der Waals surface area (Å²) in [6.45, 7) is 2.39. The number of ether oxygens (including phenoxy) is 2. The Hall–Kier alpha value is -1.39. The van der Waals surface area contributed by atoms with Gasteiger partial charge in [0.15, 0.2) is 11.5 Å². The van der Waals surface area contributed by atoms with Crippen molar-refractivity contribution in [3.8, 4) is 11.5 Å². The van der Waals surface area contributed by atoms with Crippen LogP contribution in [0.3, 0.4) is 0 Å². The van der Waals surface area contributed by atoms with E-state index >= 15 is 0 Å². The van der Waals surface area contributed by atoms with Crippen LogP contribution in [0.2, 0.25) is 5.02 Å². The van der Waals surface area contributed by atoms with Gasteiger partial charge in [0.2, 0.25) is 6.79 Å². The van der Waals surface area contributed by atoms with Crippen molar-refractivity contribution >= 4 is 33.2 Å². The van der Waals surface area contributed by atoms with Gasteiger partial charge in [-0.2, -0.15) is 0 Å². The smallest absolute Gasteiger partial charge is 0.231 e. The predicted molar refractivity (Wildman–Crippen MR) is 83.8 cm³/mol. The number of anilines is 1. The van der Waals surface area contributed by atoms with E-state index < -0.39 is 0 Å². The fourth-order valence-corrected chi connectivity index (χ4v) is 2.90. The van der Waals surface area contributed by atoms with E-state index in [-0.39, 0.29) is 6.04 Å². The summed E-state index contributed by atoms with van der Waals surface area (Å²) in [4.78, 5) is 0. The number of rotatable bonds is 3. The maximum absolute atomic E-state index is 5.95. The first-order chi connectivity index (χ1) is 9.63. The third kappa shape index (κ3) is 2.72. The molecule has 2 aromatic carbocycles. The minimum absolute atomic E-state index is 0.141. The van der Waals surface area contributed by atoms with Crippen molar-refractivity contribution in [2.24, 2.45) is 0 Å². The van der Waals surface area contributed by atoms with Gasteiger partial charge in [-0.1, -0.05) is 17.7 Å². The third-order valence-corrected chi connectivity index (χ3v) is 4.09. The zero-order valence-corrected chi connectivity index (χ0v) is 13.2. The van der Waals surface area contributed by atoms with Gasteiger partial charge in [-0.15, -0.1) is 0 Å². The van der Waals surface area contributed by atoms with Crippen LogP contribution >= 0.6 is 27.5 Å². The highest BCUT2D eigenvalue weighted by atomic mass is 79.9. The lowest BCUT2D eigenvalue weighted by Gasteiger charge is -2.17. The summed E-state index contributed by atoms with van der Waals surface area (Å²) in [5, 5.41) is 4.15. The number of hydrogen-bond donors (Lipinski definition) is 1. The maximum Gasteiger partial charge on any atom is 0.231 e. The standard InChI is InChI=1S/C15H13BrClNO2/c1-9(18-13-4-3-11(17)7-12(13)16)10-2-5-14-15(6-10)20-8-19-14/h2-7,9,18H,8H2,1H3. The summed E-state index contributed by atoms with van der Waals surface area (Å²) in [7, 11) is 0. The van der Waals surface area contributed by atoms with E-state index in [2.05, 4.69) is 28.2 Å².